The number of rotatable bonds is 11. The van der Waals surface area contributed by atoms with E-state index in [-0.39, 0.29) is 5.91 Å². The van der Waals surface area contributed by atoms with E-state index in [1.807, 2.05) is 56.0 Å². The zero-order valence-corrected chi connectivity index (χ0v) is 23.4. The largest absolute Gasteiger partial charge is 0.494 e. The first-order valence-corrected chi connectivity index (χ1v) is 12.6. The first kappa shape index (κ1) is 28.1. The summed E-state index contributed by atoms with van der Waals surface area (Å²) in [5.41, 5.74) is 10.1. The van der Waals surface area contributed by atoms with Crippen molar-refractivity contribution < 1.29 is 14.3 Å². The second kappa shape index (κ2) is 11.9. The molecule has 2 aromatic heterocycles. The number of fused-ring (bicyclic) bond motifs is 1. The molecule has 0 aliphatic carbocycles. The first-order valence-electron chi connectivity index (χ1n) is 12.6. The van der Waals surface area contributed by atoms with E-state index >= 15 is 0 Å². The Morgan fingerprint density at radius 2 is 1.90 bits per heavy atom. The van der Waals surface area contributed by atoms with Gasteiger partial charge in [0.15, 0.2) is 0 Å². The molecule has 0 fully saturated rings. The maximum atomic E-state index is 12.3. The van der Waals surface area contributed by atoms with Gasteiger partial charge in [0, 0.05) is 67.7 Å². The van der Waals surface area contributed by atoms with Gasteiger partial charge < -0.3 is 35.5 Å². The summed E-state index contributed by atoms with van der Waals surface area (Å²) in [7, 11) is 9.43. The number of aromatic nitrogens is 3. The predicted octanol–water partition coefficient (Wildman–Crippen LogP) is 3.61. The highest BCUT2D eigenvalue weighted by molar-refractivity contribution is 6.03. The molecule has 11 nitrogen and oxygen atoms in total. The number of methoxy groups -OCH3 is 1. The highest BCUT2D eigenvalue weighted by Crippen LogP contribution is 2.38. The number of likely N-dealkylation sites (N-methyl/N-ethyl adjacent to an activating group) is 2. The maximum Gasteiger partial charge on any atom is 0.248 e. The van der Waals surface area contributed by atoms with Crippen LogP contribution in [-0.2, 0) is 11.8 Å². The van der Waals surface area contributed by atoms with E-state index in [0.29, 0.717) is 34.3 Å². The molecule has 2 amide bonds. The maximum absolute atomic E-state index is 12.3. The summed E-state index contributed by atoms with van der Waals surface area (Å²) in [6.45, 7) is 5.12. The lowest BCUT2D eigenvalue weighted by molar-refractivity contribution is -0.111. The number of carbonyl (C=O) groups excluding carboxylic acids is 2. The Bertz CT molecular complexity index is 1580. The van der Waals surface area contributed by atoms with Crippen molar-refractivity contribution in [2.75, 3.05) is 56.9 Å². The van der Waals surface area contributed by atoms with Crippen molar-refractivity contribution in [1.82, 2.24) is 19.4 Å². The molecule has 2 aromatic carbocycles. The minimum absolute atomic E-state index is 0.305. The third-order valence-corrected chi connectivity index (χ3v) is 6.52. The summed E-state index contributed by atoms with van der Waals surface area (Å²) in [5, 5.41) is 7.04. The SMILES string of the molecule is C=CC(=O)Nc1cc(Nc2nccc(-c3cc(C(N)=O)cc4c3ccn4C)n2)c(OC)cc1N(C)CCN(C)C. The van der Waals surface area contributed by atoms with Crippen molar-refractivity contribution in [2.24, 2.45) is 12.8 Å². The van der Waals surface area contributed by atoms with Crippen LogP contribution in [0.1, 0.15) is 10.4 Å². The molecule has 0 spiro atoms. The van der Waals surface area contributed by atoms with Gasteiger partial charge in [0.1, 0.15) is 5.75 Å². The Balaban J connectivity index is 1.75. The summed E-state index contributed by atoms with van der Waals surface area (Å²) < 4.78 is 7.62. The third-order valence-electron chi connectivity index (χ3n) is 6.52. The summed E-state index contributed by atoms with van der Waals surface area (Å²) in [6, 6.07) is 10.9. The van der Waals surface area contributed by atoms with Crippen LogP contribution in [0.5, 0.6) is 5.75 Å². The van der Waals surface area contributed by atoms with Gasteiger partial charge in [-0.15, -0.1) is 0 Å². The highest BCUT2D eigenvalue weighted by Gasteiger charge is 2.18. The number of hydrogen-bond acceptors (Lipinski definition) is 8. The number of anilines is 4. The van der Waals surface area contributed by atoms with Crippen LogP contribution < -0.4 is 26.0 Å². The molecule has 0 aliphatic rings. The number of carbonyl (C=O) groups is 2. The zero-order chi connectivity index (χ0) is 29.0. The van der Waals surface area contributed by atoms with Gasteiger partial charge in [-0.05, 0) is 50.5 Å². The average Bonchev–Trinajstić information content (AvgIpc) is 3.31. The molecule has 40 heavy (non-hydrogen) atoms. The minimum atomic E-state index is -0.522. The molecule has 4 rings (SSSR count). The van der Waals surface area contributed by atoms with E-state index < -0.39 is 5.91 Å². The number of nitrogens with zero attached hydrogens (tertiary/aromatic N) is 5. The van der Waals surface area contributed by atoms with Gasteiger partial charge in [-0.25, -0.2) is 9.97 Å². The minimum Gasteiger partial charge on any atom is -0.494 e. The normalized spacial score (nSPS) is 10.9. The Hall–Kier alpha value is -4.90. The molecule has 0 radical (unpaired) electrons. The molecular weight excluding hydrogens is 508 g/mol. The van der Waals surface area contributed by atoms with Crippen LogP contribution in [0.4, 0.5) is 23.0 Å². The van der Waals surface area contributed by atoms with E-state index in [4.69, 9.17) is 15.5 Å². The Labute approximate surface area is 233 Å². The van der Waals surface area contributed by atoms with Crippen LogP contribution in [0, 0.1) is 0 Å². The van der Waals surface area contributed by atoms with Gasteiger partial charge in [0.05, 0.1) is 29.9 Å². The molecule has 0 unspecified atom stereocenters. The van der Waals surface area contributed by atoms with Crippen LogP contribution in [0.2, 0.25) is 0 Å². The Morgan fingerprint density at radius 1 is 1.12 bits per heavy atom. The van der Waals surface area contributed by atoms with Gasteiger partial charge >= 0.3 is 0 Å². The Kier molecular flexibility index (Phi) is 8.34. The van der Waals surface area contributed by atoms with Crippen molar-refractivity contribution in [1.29, 1.82) is 0 Å². The fourth-order valence-corrected chi connectivity index (χ4v) is 4.32. The lowest BCUT2D eigenvalue weighted by Gasteiger charge is -2.26. The first-order chi connectivity index (χ1) is 19.1. The Morgan fingerprint density at radius 3 is 2.58 bits per heavy atom. The van der Waals surface area contributed by atoms with E-state index in [9.17, 15) is 9.59 Å². The quantitative estimate of drug-likeness (QED) is 0.245. The van der Waals surface area contributed by atoms with E-state index in [0.717, 1.165) is 35.2 Å². The average molecular weight is 543 g/mol. The third kappa shape index (κ3) is 6.05. The van der Waals surface area contributed by atoms with E-state index in [1.165, 1.54) is 6.08 Å². The molecule has 11 heteroatoms. The monoisotopic (exact) mass is 542 g/mol. The molecular formula is C29H34N8O3. The molecule has 0 aliphatic heterocycles. The summed E-state index contributed by atoms with van der Waals surface area (Å²) in [5.74, 6) is -0.0124. The smallest absolute Gasteiger partial charge is 0.248 e. The van der Waals surface area contributed by atoms with Crippen LogP contribution in [-0.4, -0.2) is 72.6 Å². The lowest BCUT2D eigenvalue weighted by atomic mass is 10.0. The van der Waals surface area contributed by atoms with Crippen molar-refractivity contribution in [3.8, 4) is 17.0 Å². The van der Waals surface area contributed by atoms with Crippen molar-refractivity contribution in [3.05, 3.63) is 67.0 Å². The van der Waals surface area contributed by atoms with Crippen LogP contribution in [0.15, 0.2) is 61.4 Å². The second-order valence-corrected chi connectivity index (χ2v) is 9.63. The van der Waals surface area contributed by atoms with Crippen LogP contribution in [0.25, 0.3) is 22.2 Å². The molecule has 0 atom stereocenters. The number of primary amides is 1. The summed E-state index contributed by atoms with van der Waals surface area (Å²) in [4.78, 5) is 37.5. The predicted molar refractivity (Wildman–Crippen MR) is 159 cm³/mol. The fraction of sp³-hybridized carbons (Fsp3) is 0.241. The van der Waals surface area contributed by atoms with Crippen molar-refractivity contribution >= 4 is 45.7 Å². The number of nitrogens with two attached hydrogens (primary N) is 1. The number of aryl methyl sites for hydroxylation is 1. The number of hydrogen-bond donors (Lipinski definition) is 3. The van der Waals surface area contributed by atoms with Crippen LogP contribution in [0.3, 0.4) is 0 Å². The zero-order valence-electron chi connectivity index (χ0n) is 23.4. The van der Waals surface area contributed by atoms with Gasteiger partial charge in [0.25, 0.3) is 0 Å². The van der Waals surface area contributed by atoms with E-state index in [2.05, 4.69) is 27.1 Å². The molecule has 208 valence electrons. The molecule has 4 N–H and O–H groups in total. The number of amides is 2. The topological polar surface area (TPSA) is 131 Å². The standard InChI is InChI=1S/C29H34N8O3/c1-7-27(38)32-22-16-23(26(40-6)17-25(22)37(5)13-12-35(2)3)34-29-31-10-8-21(33-29)20-14-18(28(30)39)15-24-19(20)9-11-36(24)4/h7-11,14-17H,1,12-13H2,2-6H3,(H2,30,39)(H,32,38)(H,31,33,34). The van der Waals surface area contributed by atoms with Crippen LogP contribution >= 0.6 is 0 Å². The van der Waals surface area contributed by atoms with Gasteiger partial charge in [-0.3, -0.25) is 9.59 Å². The number of benzene rings is 2. The van der Waals surface area contributed by atoms with Gasteiger partial charge in [0.2, 0.25) is 17.8 Å². The fourth-order valence-electron chi connectivity index (χ4n) is 4.32. The highest BCUT2D eigenvalue weighted by atomic mass is 16.5. The number of nitrogens with one attached hydrogen (secondary N) is 2. The van der Waals surface area contributed by atoms with E-state index in [1.54, 1.807) is 37.6 Å². The second-order valence-electron chi connectivity index (χ2n) is 9.63. The van der Waals surface area contributed by atoms with Gasteiger partial charge in [-0.1, -0.05) is 6.58 Å². The van der Waals surface area contributed by atoms with Crippen molar-refractivity contribution in [2.45, 2.75) is 0 Å². The van der Waals surface area contributed by atoms with Gasteiger partial charge in [-0.2, -0.15) is 0 Å². The molecule has 0 bridgehead atoms. The molecule has 0 saturated heterocycles. The molecule has 0 saturated carbocycles. The summed E-state index contributed by atoms with van der Waals surface area (Å²) in [6.07, 6.45) is 4.77. The molecule has 4 aromatic rings. The van der Waals surface area contributed by atoms with Crippen molar-refractivity contribution in [3.63, 3.8) is 0 Å². The lowest BCUT2D eigenvalue weighted by Crippen LogP contribution is -2.29. The molecule has 2 heterocycles. The number of ether oxygens (including phenoxy) is 1. The summed E-state index contributed by atoms with van der Waals surface area (Å²) >= 11 is 0.